The monoisotopic (exact) mass is 334 g/mol. The van der Waals surface area contributed by atoms with Crippen LogP contribution in [0.1, 0.15) is 38.1 Å². The van der Waals surface area contributed by atoms with E-state index < -0.39 is 0 Å². The van der Waals surface area contributed by atoms with Crippen LogP contribution >= 0.6 is 0 Å². The smallest absolute Gasteiger partial charge is 0.251 e. The van der Waals surface area contributed by atoms with Gasteiger partial charge >= 0.3 is 0 Å². The van der Waals surface area contributed by atoms with Crippen LogP contribution in [-0.2, 0) is 0 Å². The molecule has 1 N–H and O–H groups in total. The molecule has 0 spiro atoms. The predicted octanol–water partition coefficient (Wildman–Crippen LogP) is 1.62. The molecule has 1 amide bonds. The van der Waals surface area contributed by atoms with Crippen LogP contribution in [0.3, 0.4) is 0 Å². The molecule has 1 atom stereocenters. The highest BCUT2D eigenvalue weighted by molar-refractivity contribution is 5.94. The highest BCUT2D eigenvalue weighted by atomic mass is 16.5. The van der Waals surface area contributed by atoms with Crippen molar-refractivity contribution in [3.8, 4) is 5.88 Å². The number of rotatable bonds is 5. The molecule has 0 bridgehead atoms. The van der Waals surface area contributed by atoms with E-state index in [-0.39, 0.29) is 11.5 Å². The Labute approximate surface area is 145 Å². The van der Waals surface area contributed by atoms with Crippen molar-refractivity contribution in [2.75, 3.05) is 39.8 Å². The maximum atomic E-state index is 12.4. The Morgan fingerprint density at radius 1 is 1.33 bits per heavy atom. The van der Waals surface area contributed by atoms with E-state index in [1.807, 2.05) is 20.8 Å². The lowest BCUT2D eigenvalue weighted by molar-refractivity contribution is 0.0900. The van der Waals surface area contributed by atoms with Crippen LogP contribution in [0.2, 0.25) is 0 Å². The van der Waals surface area contributed by atoms with Crippen molar-refractivity contribution < 1.29 is 9.53 Å². The van der Waals surface area contributed by atoms with Gasteiger partial charge in [0.15, 0.2) is 0 Å². The summed E-state index contributed by atoms with van der Waals surface area (Å²) >= 11 is 0. The molecule has 0 radical (unpaired) electrons. The summed E-state index contributed by atoms with van der Waals surface area (Å²) in [6.07, 6.45) is 1.61. The summed E-state index contributed by atoms with van der Waals surface area (Å²) in [5.41, 5.74) is 0.243. The zero-order valence-electron chi connectivity index (χ0n) is 15.5. The molecule has 0 aromatic carbocycles. The number of nitrogens with one attached hydrogen (secondary N) is 1. The predicted molar refractivity (Wildman–Crippen MR) is 95.5 cm³/mol. The van der Waals surface area contributed by atoms with Gasteiger partial charge < -0.3 is 15.0 Å². The Kier molecular flexibility index (Phi) is 6.18. The van der Waals surface area contributed by atoms with Gasteiger partial charge in [0.1, 0.15) is 5.60 Å². The summed E-state index contributed by atoms with van der Waals surface area (Å²) < 4.78 is 5.72. The first-order valence-electron chi connectivity index (χ1n) is 8.60. The van der Waals surface area contributed by atoms with Crippen molar-refractivity contribution in [3.63, 3.8) is 0 Å². The molecule has 2 rings (SSSR count). The van der Waals surface area contributed by atoms with Gasteiger partial charge in [-0.15, -0.1) is 0 Å². The van der Waals surface area contributed by atoms with Crippen LogP contribution in [0.5, 0.6) is 5.88 Å². The van der Waals surface area contributed by atoms with Crippen LogP contribution < -0.4 is 10.1 Å². The van der Waals surface area contributed by atoms with E-state index in [2.05, 4.69) is 34.1 Å². The number of ether oxygens (including phenoxy) is 1. The Bertz CT molecular complexity index is 548. The molecule has 0 unspecified atom stereocenters. The lowest BCUT2D eigenvalue weighted by Gasteiger charge is -2.36. The summed E-state index contributed by atoms with van der Waals surface area (Å²) in [4.78, 5) is 21.3. The van der Waals surface area contributed by atoms with Crippen LogP contribution in [0.25, 0.3) is 0 Å². The second-order valence-corrected chi connectivity index (χ2v) is 7.50. The van der Waals surface area contributed by atoms with Gasteiger partial charge in [0, 0.05) is 56.6 Å². The van der Waals surface area contributed by atoms with Crippen LogP contribution in [-0.4, -0.2) is 72.1 Å². The summed E-state index contributed by atoms with van der Waals surface area (Å²) in [5.74, 6) is 0.388. The van der Waals surface area contributed by atoms with Gasteiger partial charge in [0.05, 0.1) is 0 Å². The SMILES string of the molecule is C[C@@H](CNC(=O)c1ccnc(OC(C)(C)C)c1)N1CCN(C)CC1. The lowest BCUT2D eigenvalue weighted by Crippen LogP contribution is -2.51. The third-order valence-electron chi connectivity index (χ3n) is 4.13. The number of hydrogen-bond donors (Lipinski definition) is 1. The van der Waals surface area contributed by atoms with Gasteiger partial charge in [-0.25, -0.2) is 4.98 Å². The fourth-order valence-electron chi connectivity index (χ4n) is 2.65. The molecule has 1 fully saturated rings. The van der Waals surface area contributed by atoms with E-state index in [9.17, 15) is 4.79 Å². The lowest BCUT2D eigenvalue weighted by atomic mass is 10.2. The third kappa shape index (κ3) is 5.76. The molecule has 1 aromatic heterocycles. The molecule has 1 aromatic rings. The van der Waals surface area contributed by atoms with E-state index in [0.717, 1.165) is 26.2 Å². The van der Waals surface area contributed by atoms with E-state index in [1.54, 1.807) is 18.3 Å². The fraction of sp³-hybridized carbons (Fsp3) is 0.667. The molecule has 134 valence electrons. The number of nitrogens with zero attached hydrogens (tertiary/aromatic N) is 3. The topological polar surface area (TPSA) is 57.7 Å². The van der Waals surface area contributed by atoms with Gasteiger partial charge in [-0.2, -0.15) is 0 Å². The van der Waals surface area contributed by atoms with Gasteiger partial charge in [-0.05, 0) is 40.8 Å². The molecule has 0 saturated carbocycles. The molecule has 24 heavy (non-hydrogen) atoms. The minimum atomic E-state index is -0.335. The average Bonchev–Trinajstić information content (AvgIpc) is 2.51. The second-order valence-electron chi connectivity index (χ2n) is 7.50. The number of amides is 1. The second kappa shape index (κ2) is 7.94. The van der Waals surface area contributed by atoms with Gasteiger partial charge in [-0.1, -0.05) is 0 Å². The first-order valence-corrected chi connectivity index (χ1v) is 8.60. The standard InChI is InChI=1S/C18H30N4O2/c1-14(22-10-8-21(5)9-11-22)13-20-17(23)15-6-7-19-16(12-15)24-18(2,3)4/h6-7,12,14H,8-11,13H2,1-5H3,(H,20,23)/t14-/m0/s1. The molecule has 6 nitrogen and oxygen atoms in total. The van der Waals surface area contributed by atoms with Gasteiger partial charge in [0.2, 0.25) is 5.88 Å². The minimum absolute atomic E-state index is 0.0860. The highest BCUT2D eigenvalue weighted by Crippen LogP contribution is 2.16. The highest BCUT2D eigenvalue weighted by Gasteiger charge is 2.20. The number of hydrogen-bond acceptors (Lipinski definition) is 5. The summed E-state index contributed by atoms with van der Waals surface area (Å²) in [6, 6.07) is 3.74. The van der Waals surface area contributed by atoms with Crippen molar-refractivity contribution in [1.29, 1.82) is 0 Å². The summed E-state index contributed by atoms with van der Waals surface area (Å²) in [7, 11) is 2.14. The number of piperazine rings is 1. The van der Waals surface area contributed by atoms with Crippen molar-refractivity contribution >= 4 is 5.91 Å². The van der Waals surface area contributed by atoms with Crippen molar-refractivity contribution in [1.82, 2.24) is 20.1 Å². The number of carbonyl (C=O) groups excluding carboxylic acids is 1. The van der Waals surface area contributed by atoms with Crippen LogP contribution in [0, 0.1) is 0 Å². The molecule has 1 aliphatic rings. The number of carbonyl (C=O) groups is 1. The molecule has 6 heteroatoms. The van der Waals surface area contributed by atoms with E-state index >= 15 is 0 Å². The van der Waals surface area contributed by atoms with E-state index in [4.69, 9.17) is 4.74 Å². The van der Waals surface area contributed by atoms with Crippen LogP contribution in [0.15, 0.2) is 18.3 Å². The molecular weight excluding hydrogens is 304 g/mol. The average molecular weight is 334 g/mol. The summed E-state index contributed by atoms with van der Waals surface area (Å²) in [6.45, 7) is 12.9. The van der Waals surface area contributed by atoms with Gasteiger partial charge in [-0.3, -0.25) is 9.69 Å². The Morgan fingerprint density at radius 3 is 2.62 bits per heavy atom. The Balaban J connectivity index is 1.87. The van der Waals surface area contributed by atoms with Crippen molar-refractivity contribution in [2.45, 2.75) is 39.3 Å². The number of aromatic nitrogens is 1. The number of pyridine rings is 1. The minimum Gasteiger partial charge on any atom is -0.472 e. The molecule has 0 aliphatic carbocycles. The molecule has 1 aliphatic heterocycles. The Hall–Kier alpha value is -1.66. The first-order chi connectivity index (χ1) is 11.2. The zero-order chi connectivity index (χ0) is 17.7. The normalized spacial score (nSPS) is 18.2. The first kappa shape index (κ1) is 18.7. The van der Waals surface area contributed by atoms with E-state index in [1.165, 1.54) is 0 Å². The maximum absolute atomic E-state index is 12.4. The molecular formula is C18H30N4O2. The Morgan fingerprint density at radius 2 is 2.00 bits per heavy atom. The van der Waals surface area contributed by atoms with E-state index in [0.29, 0.717) is 24.0 Å². The summed E-state index contributed by atoms with van der Waals surface area (Å²) in [5, 5.41) is 3.02. The van der Waals surface area contributed by atoms with Crippen molar-refractivity contribution in [2.24, 2.45) is 0 Å². The molecule has 2 heterocycles. The largest absolute Gasteiger partial charge is 0.472 e. The fourth-order valence-corrected chi connectivity index (χ4v) is 2.65. The number of likely N-dealkylation sites (N-methyl/N-ethyl adjacent to an activating group) is 1. The maximum Gasteiger partial charge on any atom is 0.251 e. The third-order valence-corrected chi connectivity index (χ3v) is 4.13. The molecule has 1 saturated heterocycles. The van der Waals surface area contributed by atoms with Crippen LogP contribution in [0.4, 0.5) is 0 Å². The van der Waals surface area contributed by atoms with Gasteiger partial charge in [0.25, 0.3) is 5.91 Å². The quantitative estimate of drug-likeness (QED) is 0.887. The zero-order valence-corrected chi connectivity index (χ0v) is 15.5. The van der Waals surface area contributed by atoms with Crippen molar-refractivity contribution in [3.05, 3.63) is 23.9 Å².